The number of aliphatic carboxylic acids is 2. The standard InChI is InChI=1S/C30H28N4O3S.2C2HF3O2/c1-37-26-25-27(23-12-5-6-13-24(23)34(30(25)36)19-21-11-7-8-15-31-21)38-28(26)29(35)32-22-14-16-33(18-22)17-20-9-3-2-4-10-20;2*3-2(4,5)1(6)7/h2-13,15,22H,14,16-19H2,1H3,(H,32,35);2*(H,6,7). The predicted molar refractivity (Wildman–Crippen MR) is 178 cm³/mol. The van der Waals surface area contributed by atoms with Crippen LogP contribution < -0.4 is 15.6 Å². The first-order valence-electron chi connectivity index (χ1n) is 15.2. The Morgan fingerprint density at radius 1 is 0.904 bits per heavy atom. The van der Waals surface area contributed by atoms with Crippen molar-refractivity contribution in [3.05, 3.63) is 105 Å². The van der Waals surface area contributed by atoms with Crippen molar-refractivity contribution in [1.29, 1.82) is 0 Å². The van der Waals surface area contributed by atoms with Gasteiger partial charge in [-0.2, -0.15) is 26.3 Å². The summed E-state index contributed by atoms with van der Waals surface area (Å²) < 4.78 is 71.7. The van der Waals surface area contributed by atoms with Crippen LogP contribution in [0.5, 0.6) is 5.75 Å². The number of likely N-dealkylation sites (tertiary alicyclic amines) is 1. The number of rotatable bonds is 7. The number of ether oxygens (including phenoxy) is 1. The smallest absolute Gasteiger partial charge is 0.490 e. The Labute approximate surface area is 294 Å². The van der Waals surface area contributed by atoms with E-state index in [0.29, 0.717) is 22.6 Å². The van der Waals surface area contributed by atoms with Gasteiger partial charge in [-0.3, -0.25) is 19.5 Å². The summed E-state index contributed by atoms with van der Waals surface area (Å²) in [6.45, 7) is 2.90. The number of fused-ring (bicyclic) bond motifs is 3. The van der Waals surface area contributed by atoms with Gasteiger partial charge in [-0.25, -0.2) is 9.59 Å². The third-order valence-electron chi connectivity index (χ3n) is 7.56. The van der Waals surface area contributed by atoms with E-state index >= 15 is 0 Å². The highest BCUT2D eigenvalue weighted by Crippen LogP contribution is 2.39. The molecule has 3 aromatic heterocycles. The Hall–Kier alpha value is -5.49. The molecule has 0 bridgehead atoms. The lowest BCUT2D eigenvalue weighted by atomic mass is 10.1. The minimum Gasteiger partial charge on any atom is -0.494 e. The number of carbonyl (C=O) groups is 3. The molecule has 0 aliphatic carbocycles. The van der Waals surface area contributed by atoms with Crippen LogP contribution in [0.15, 0.2) is 83.8 Å². The van der Waals surface area contributed by atoms with Crippen LogP contribution in [-0.4, -0.2) is 81.1 Å². The van der Waals surface area contributed by atoms with Crippen molar-refractivity contribution in [3.63, 3.8) is 0 Å². The largest absolute Gasteiger partial charge is 0.494 e. The molecule has 276 valence electrons. The zero-order valence-corrected chi connectivity index (χ0v) is 27.9. The van der Waals surface area contributed by atoms with Crippen LogP contribution in [0.25, 0.3) is 21.0 Å². The van der Waals surface area contributed by atoms with Gasteiger partial charge in [-0.05, 0) is 30.2 Å². The molecule has 4 heterocycles. The van der Waals surface area contributed by atoms with Crippen LogP contribution in [0, 0.1) is 0 Å². The number of benzene rings is 2. The molecule has 1 saturated heterocycles. The first-order chi connectivity index (χ1) is 24.5. The molecule has 1 unspecified atom stereocenters. The molecule has 6 rings (SSSR count). The summed E-state index contributed by atoms with van der Waals surface area (Å²) in [5.41, 5.74) is 2.66. The normalized spacial score (nSPS) is 14.6. The van der Waals surface area contributed by atoms with Crippen molar-refractivity contribution in [2.24, 2.45) is 0 Å². The van der Waals surface area contributed by atoms with Gasteiger partial charge in [0.05, 0.1) is 29.6 Å². The van der Waals surface area contributed by atoms with Crippen molar-refractivity contribution in [3.8, 4) is 5.75 Å². The number of carboxylic acid groups (broad SMARTS) is 2. The number of aromatic nitrogens is 2. The number of para-hydroxylation sites is 1. The van der Waals surface area contributed by atoms with E-state index < -0.39 is 24.3 Å². The predicted octanol–water partition coefficient (Wildman–Crippen LogP) is 5.94. The van der Waals surface area contributed by atoms with Crippen LogP contribution in [0.2, 0.25) is 0 Å². The van der Waals surface area contributed by atoms with E-state index in [1.807, 2.05) is 60.7 Å². The number of carboxylic acids is 2. The Morgan fingerprint density at radius 2 is 1.50 bits per heavy atom. The Morgan fingerprint density at radius 3 is 2.08 bits per heavy atom. The maximum atomic E-state index is 13.8. The number of hydrogen-bond donors (Lipinski definition) is 3. The van der Waals surface area contributed by atoms with Crippen molar-refractivity contribution in [1.82, 2.24) is 19.8 Å². The van der Waals surface area contributed by atoms with E-state index in [2.05, 4.69) is 27.3 Å². The van der Waals surface area contributed by atoms with E-state index in [4.69, 9.17) is 24.5 Å². The quantitative estimate of drug-likeness (QED) is 0.172. The summed E-state index contributed by atoms with van der Waals surface area (Å²) in [6, 6.07) is 23.9. The lowest BCUT2D eigenvalue weighted by molar-refractivity contribution is -0.193. The fraction of sp³-hybridized carbons (Fsp3) is 0.265. The SMILES string of the molecule is COc1c(C(=O)NC2CCN(Cc3ccccc3)C2)sc2c1c(=O)n(Cc1ccccn1)c1ccccc21.O=C(O)C(F)(F)F.O=C(O)C(F)(F)F. The van der Waals surface area contributed by atoms with Gasteiger partial charge in [0.15, 0.2) is 5.75 Å². The van der Waals surface area contributed by atoms with Crippen LogP contribution in [0.4, 0.5) is 26.3 Å². The Balaban J connectivity index is 0.000000367. The molecule has 2 aromatic carbocycles. The topological polar surface area (TPSA) is 151 Å². The van der Waals surface area contributed by atoms with Gasteiger partial charge in [0.25, 0.3) is 11.5 Å². The third-order valence-corrected chi connectivity index (χ3v) is 8.76. The van der Waals surface area contributed by atoms with Gasteiger partial charge in [0.2, 0.25) is 0 Å². The number of hydrogen-bond acceptors (Lipinski definition) is 8. The second-order valence-corrected chi connectivity index (χ2v) is 12.2. The van der Waals surface area contributed by atoms with E-state index in [0.717, 1.165) is 47.4 Å². The van der Waals surface area contributed by atoms with Crippen molar-refractivity contribution >= 4 is 50.2 Å². The minimum absolute atomic E-state index is 0.0405. The number of nitrogens with zero attached hydrogens (tertiary/aromatic N) is 3. The van der Waals surface area contributed by atoms with Gasteiger partial charge in [-0.15, -0.1) is 11.3 Å². The minimum atomic E-state index is -5.08. The number of amides is 1. The summed E-state index contributed by atoms with van der Waals surface area (Å²) in [7, 11) is 1.52. The molecule has 1 atom stereocenters. The molecule has 3 N–H and O–H groups in total. The molecule has 52 heavy (non-hydrogen) atoms. The number of carbonyl (C=O) groups excluding carboxylic acids is 1. The zero-order valence-electron chi connectivity index (χ0n) is 27.1. The molecule has 5 aromatic rings. The summed E-state index contributed by atoms with van der Waals surface area (Å²) in [6.07, 6.45) is -7.57. The molecule has 1 fully saturated rings. The van der Waals surface area contributed by atoms with Gasteiger partial charge in [0, 0.05) is 37.3 Å². The molecule has 18 heteroatoms. The number of pyridine rings is 2. The molecule has 0 radical (unpaired) electrons. The Kier molecular flexibility index (Phi) is 12.6. The lowest BCUT2D eigenvalue weighted by Gasteiger charge is -2.16. The summed E-state index contributed by atoms with van der Waals surface area (Å²) in [5, 5.41) is 18.8. The monoisotopic (exact) mass is 752 g/mol. The molecular formula is C34H30F6N4O7S. The molecular weight excluding hydrogens is 722 g/mol. The highest BCUT2D eigenvalue weighted by atomic mass is 32.1. The van der Waals surface area contributed by atoms with E-state index in [1.54, 1.807) is 10.8 Å². The average molecular weight is 753 g/mol. The van der Waals surface area contributed by atoms with Gasteiger partial charge < -0.3 is 24.8 Å². The van der Waals surface area contributed by atoms with E-state index in [1.165, 1.54) is 24.0 Å². The third kappa shape index (κ3) is 9.85. The highest BCUT2D eigenvalue weighted by Gasteiger charge is 2.39. The molecule has 0 spiro atoms. The summed E-state index contributed by atoms with van der Waals surface area (Å²) >= 11 is 1.32. The first-order valence-corrected chi connectivity index (χ1v) is 16.0. The zero-order chi connectivity index (χ0) is 38.2. The molecule has 1 aliphatic heterocycles. The fourth-order valence-electron chi connectivity index (χ4n) is 5.29. The van der Waals surface area contributed by atoms with Crippen LogP contribution in [0.3, 0.4) is 0 Å². The molecule has 1 amide bonds. The molecule has 1 aliphatic rings. The summed E-state index contributed by atoms with van der Waals surface area (Å²) in [5.74, 6) is -5.37. The number of nitrogens with one attached hydrogen (secondary N) is 1. The van der Waals surface area contributed by atoms with Crippen molar-refractivity contribution in [2.45, 2.75) is 37.9 Å². The van der Waals surface area contributed by atoms with E-state index in [9.17, 15) is 35.9 Å². The maximum Gasteiger partial charge on any atom is 0.490 e. The van der Waals surface area contributed by atoms with Crippen molar-refractivity contribution < 1.29 is 55.7 Å². The average Bonchev–Trinajstić information content (AvgIpc) is 3.71. The van der Waals surface area contributed by atoms with Crippen LogP contribution in [0.1, 0.15) is 27.3 Å². The number of thiophene rings is 1. The highest BCUT2D eigenvalue weighted by molar-refractivity contribution is 7.22. The van der Waals surface area contributed by atoms with Crippen molar-refractivity contribution in [2.75, 3.05) is 20.2 Å². The fourth-order valence-corrected chi connectivity index (χ4v) is 6.49. The van der Waals surface area contributed by atoms with Crippen LogP contribution in [-0.2, 0) is 22.7 Å². The maximum absolute atomic E-state index is 13.8. The first kappa shape index (κ1) is 39.3. The van der Waals surface area contributed by atoms with E-state index in [-0.39, 0.29) is 17.5 Å². The lowest BCUT2D eigenvalue weighted by Crippen LogP contribution is -2.36. The van der Waals surface area contributed by atoms with Gasteiger partial charge in [0.1, 0.15) is 10.3 Å². The second-order valence-electron chi connectivity index (χ2n) is 11.2. The number of alkyl halides is 6. The number of methoxy groups -OCH3 is 1. The number of halogens is 6. The Bertz CT molecular complexity index is 2060. The summed E-state index contributed by atoms with van der Waals surface area (Å²) in [4.78, 5) is 52.4. The van der Waals surface area contributed by atoms with Gasteiger partial charge in [-0.1, -0.05) is 54.6 Å². The van der Waals surface area contributed by atoms with Crippen LogP contribution >= 0.6 is 11.3 Å². The molecule has 11 nitrogen and oxygen atoms in total. The second kappa shape index (κ2) is 16.7. The molecule has 0 saturated carbocycles. The van der Waals surface area contributed by atoms with Gasteiger partial charge >= 0.3 is 24.3 Å².